The lowest BCUT2D eigenvalue weighted by Crippen LogP contribution is -2.19. The van der Waals surface area contributed by atoms with Gasteiger partial charge in [-0.2, -0.15) is 11.3 Å². The molecule has 0 aliphatic carbocycles. The summed E-state index contributed by atoms with van der Waals surface area (Å²) in [5.74, 6) is -2.79. The van der Waals surface area contributed by atoms with Crippen molar-refractivity contribution in [2.24, 2.45) is 0 Å². The number of halogens is 2. The second kappa shape index (κ2) is 13.7. The van der Waals surface area contributed by atoms with Crippen molar-refractivity contribution in [1.82, 2.24) is 0 Å². The number of aryl methyl sites for hydroxylation is 1. The summed E-state index contributed by atoms with van der Waals surface area (Å²) in [5, 5.41) is 15.5. The molecule has 13 heteroatoms. The third-order valence-corrected chi connectivity index (χ3v) is 10.7. The van der Waals surface area contributed by atoms with E-state index in [4.69, 9.17) is 27.9 Å². The average Bonchev–Trinajstić information content (AvgIpc) is 3.84. The number of nitrogens with one attached hydrogen (secondary N) is 2. The molecule has 0 saturated heterocycles. The van der Waals surface area contributed by atoms with Gasteiger partial charge in [0.05, 0.1) is 10.4 Å². The Morgan fingerprint density at radius 1 is 0.674 bits per heavy atom. The van der Waals surface area contributed by atoms with Gasteiger partial charge in [0.25, 0.3) is 11.8 Å². The monoisotopic (exact) mass is 722 g/mol. The first-order valence-corrected chi connectivity index (χ1v) is 17.7. The first-order chi connectivity index (χ1) is 22.2. The maximum absolute atomic E-state index is 13.9. The molecule has 0 unspecified atom stereocenters. The predicted octanol–water partition coefficient (Wildman–Crippen LogP) is 10.4. The van der Waals surface area contributed by atoms with E-state index in [-0.39, 0.29) is 21.1 Å². The minimum absolute atomic E-state index is 0.00781. The quantitative estimate of drug-likeness (QED) is 0.120. The second-order valence-corrected chi connectivity index (χ2v) is 14.1. The van der Waals surface area contributed by atoms with Gasteiger partial charge in [0.2, 0.25) is 0 Å². The van der Waals surface area contributed by atoms with Gasteiger partial charge in [-0.25, -0.2) is 9.59 Å². The zero-order valence-electron chi connectivity index (χ0n) is 23.6. The lowest BCUT2D eigenvalue weighted by Gasteiger charge is -2.11. The van der Waals surface area contributed by atoms with E-state index >= 15 is 0 Å². The molecule has 7 nitrogen and oxygen atoms in total. The van der Waals surface area contributed by atoms with Crippen molar-refractivity contribution in [2.45, 2.75) is 6.92 Å². The van der Waals surface area contributed by atoms with Crippen LogP contribution in [0, 0.1) is 6.92 Å². The average molecular weight is 724 g/mol. The minimum Gasteiger partial charge on any atom is -0.386 e. The maximum Gasteiger partial charge on any atom is 0.349 e. The van der Waals surface area contributed by atoms with Crippen LogP contribution in [0.1, 0.15) is 46.3 Å². The fraction of sp³-hybridized carbons (Fsp3) is 0.0303. The molecule has 0 aliphatic rings. The number of ether oxygens (including phenoxy) is 1. The van der Waals surface area contributed by atoms with Crippen LogP contribution >= 0.6 is 68.5 Å². The van der Waals surface area contributed by atoms with Crippen LogP contribution in [0.3, 0.4) is 0 Å². The fourth-order valence-electron chi connectivity index (χ4n) is 4.56. The summed E-state index contributed by atoms with van der Waals surface area (Å²) in [5.41, 5.74) is 3.22. The Hall–Kier alpha value is -4.10. The van der Waals surface area contributed by atoms with Crippen LogP contribution in [-0.2, 0) is 4.74 Å². The van der Waals surface area contributed by atoms with Crippen molar-refractivity contribution in [3.8, 4) is 22.3 Å². The van der Waals surface area contributed by atoms with Crippen molar-refractivity contribution in [3.63, 3.8) is 0 Å². The number of carbonyl (C=O) groups excluding carboxylic acids is 4. The van der Waals surface area contributed by atoms with Gasteiger partial charge in [0.1, 0.15) is 21.1 Å². The van der Waals surface area contributed by atoms with Crippen LogP contribution in [0.25, 0.3) is 22.3 Å². The molecule has 2 aromatic carbocycles. The van der Waals surface area contributed by atoms with E-state index in [9.17, 15) is 19.2 Å². The molecule has 4 heterocycles. The zero-order valence-corrected chi connectivity index (χ0v) is 28.4. The Labute approximate surface area is 289 Å². The Kier molecular flexibility index (Phi) is 9.50. The van der Waals surface area contributed by atoms with Gasteiger partial charge in [-0.05, 0) is 70.8 Å². The molecule has 0 spiro atoms. The van der Waals surface area contributed by atoms with Crippen molar-refractivity contribution in [2.75, 3.05) is 10.6 Å². The highest BCUT2D eigenvalue weighted by molar-refractivity contribution is 7.16. The number of carbonyl (C=O) groups is 4. The largest absolute Gasteiger partial charge is 0.386 e. The number of hydrogen-bond donors (Lipinski definition) is 2. The summed E-state index contributed by atoms with van der Waals surface area (Å²) in [6, 6.07) is 17.2. The van der Waals surface area contributed by atoms with Gasteiger partial charge >= 0.3 is 11.9 Å². The van der Waals surface area contributed by atoms with Gasteiger partial charge in [0.15, 0.2) is 0 Å². The highest BCUT2D eigenvalue weighted by atomic mass is 35.5. The summed E-state index contributed by atoms with van der Waals surface area (Å²) in [6.07, 6.45) is 0. The zero-order chi connectivity index (χ0) is 32.4. The molecule has 0 bridgehead atoms. The van der Waals surface area contributed by atoms with Gasteiger partial charge in [-0.1, -0.05) is 47.5 Å². The van der Waals surface area contributed by atoms with Crippen LogP contribution in [-0.4, -0.2) is 23.8 Å². The SMILES string of the molecule is Cc1ccsc1C(=O)Nc1scc(-c2cccc(Cl)c2)c1C(=O)OC(=O)c1c(-c2cccc(Cl)c2)csc1NC(=O)c1ccsc1. The molecule has 6 aromatic rings. The van der Waals surface area contributed by atoms with Gasteiger partial charge in [0, 0.05) is 37.3 Å². The van der Waals surface area contributed by atoms with Gasteiger partial charge in [-0.15, -0.1) is 34.0 Å². The standard InChI is InChI=1S/C33H20Cl2N2O5S4/c1-17-8-11-44-27(17)29(39)37-31-26(24(16-46-31)19-5-3-7-22(35)13-19)33(41)42-32(40)25-23(18-4-2-6-21(34)12-18)15-45-30(25)36-28(38)20-9-10-43-14-20/h2-16H,1H3,(H,36,38)(H,37,39). The van der Waals surface area contributed by atoms with E-state index in [2.05, 4.69) is 10.6 Å². The third kappa shape index (κ3) is 6.70. The highest BCUT2D eigenvalue weighted by Crippen LogP contribution is 2.40. The lowest BCUT2D eigenvalue weighted by atomic mass is 10.0. The smallest absolute Gasteiger partial charge is 0.349 e. The Balaban J connectivity index is 1.38. The van der Waals surface area contributed by atoms with E-state index in [1.807, 2.05) is 13.0 Å². The van der Waals surface area contributed by atoms with E-state index in [0.29, 0.717) is 42.7 Å². The van der Waals surface area contributed by atoms with Crippen molar-refractivity contribution >= 4 is 102 Å². The maximum atomic E-state index is 13.9. The number of benzene rings is 2. The Bertz CT molecular complexity index is 2110. The van der Waals surface area contributed by atoms with Crippen molar-refractivity contribution < 1.29 is 23.9 Å². The second-order valence-electron chi connectivity index (χ2n) is 9.76. The van der Waals surface area contributed by atoms with Crippen LogP contribution in [0.15, 0.2) is 87.6 Å². The number of anilines is 2. The molecular formula is C33H20Cl2N2O5S4. The number of rotatable bonds is 8. The van der Waals surface area contributed by atoms with E-state index in [1.165, 1.54) is 22.7 Å². The van der Waals surface area contributed by atoms with Crippen LogP contribution in [0.5, 0.6) is 0 Å². The van der Waals surface area contributed by atoms with Gasteiger partial charge in [-0.3, -0.25) is 9.59 Å². The summed E-state index contributed by atoms with van der Waals surface area (Å²) in [4.78, 5) is 54.5. The fourth-order valence-corrected chi connectivity index (χ4v) is 8.30. The summed E-state index contributed by atoms with van der Waals surface area (Å²) < 4.78 is 5.55. The highest BCUT2D eigenvalue weighted by Gasteiger charge is 2.30. The van der Waals surface area contributed by atoms with Crippen molar-refractivity contribution in [1.29, 1.82) is 0 Å². The first-order valence-electron chi connectivity index (χ1n) is 13.4. The summed E-state index contributed by atoms with van der Waals surface area (Å²) >= 11 is 17.4. The molecule has 46 heavy (non-hydrogen) atoms. The lowest BCUT2D eigenvalue weighted by molar-refractivity contribution is 0.0401. The molecule has 230 valence electrons. The summed E-state index contributed by atoms with van der Waals surface area (Å²) in [7, 11) is 0. The van der Waals surface area contributed by atoms with Crippen LogP contribution in [0.2, 0.25) is 10.0 Å². The number of amides is 2. The van der Waals surface area contributed by atoms with Crippen LogP contribution in [0.4, 0.5) is 10.0 Å². The number of thiophene rings is 4. The molecule has 2 N–H and O–H groups in total. The molecule has 2 amide bonds. The molecule has 0 fully saturated rings. The Morgan fingerprint density at radius 2 is 1.24 bits per heavy atom. The Morgan fingerprint density at radius 3 is 1.72 bits per heavy atom. The topological polar surface area (TPSA) is 102 Å². The van der Waals surface area contributed by atoms with Gasteiger partial charge < -0.3 is 15.4 Å². The molecule has 0 aliphatic heterocycles. The van der Waals surface area contributed by atoms with E-state index < -0.39 is 23.8 Å². The summed E-state index contributed by atoms with van der Waals surface area (Å²) in [6.45, 7) is 1.82. The molecule has 4 aromatic heterocycles. The van der Waals surface area contributed by atoms with Crippen LogP contribution < -0.4 is 10.6 Å². The number of hydrogen-bond acceptors (Lipinski definition) is 9. The third-order valence-electron chi connectivity index (χ3n) is 6.75. The molecule has 0 radical (unpaired) electrons. The molecule has 0 atom stereocenters. The predicted molar refractivity (Wildman–Crippen MR) is 189 cm³/mol. The van der Waals surface area contributed by atoms with E-state index in [1.54, 1.807) is 81.5 Å². The first kappa shape index (κ1) is 31.9. The minimum atomic E-state index is -0.989. The molecular weight excluding hydrogens is 704 g/mol. The van der Waals surface area contributed by atoms with E-state index in [0.717, 1.165) is 28.2 Å². The van der Waals surface area contributed by atoms with Crippen molar-refractivity contribution in [3.05, 3.63) is 125 Å². The molecule has 0 saturated carbocycles. The number of esters is 2. The normalized spacial score (nSPS) is 10.8. The molecule has 6 rings (SSSR count).